The molecule has 1 aliphatic carbocycles. The van der Waals surface area contributed by atoms with Crippen LogP contribution in [0.2, 0.25) is 19.6 Å². The lowest BCUT2D eigenvalue weighted by molar-refractivity contribution is 0.217. The zero-order valence-electron chi connectivity index (χ0n) is 8.59. The Hall–Kier alpha value is -0.0831. The lowest BCUT2D eigenvalue weighted by Crippen LogP contribution is -2.15. The first-order valence-electron chi connectivity index (χ1n) is 4.68. The van der Waals surface area contributed by atoms with Gasteiger partial charge in [-0.1, -0.05) is 38.3 Å². The lowest BCUT2D eigenvalue weighted by atomic mass is 10.1. The summed E-state index contributed by atoms with van der Waals surface area (Å²) < 4.78 is 0. The van der Waals surface area contributed by atoms with E-state index in [1.165, 1.54) is 6.42 Å². The summed E-state index contributed by atoms with van der Waals surface area (Å²) in [5, 5.41) is 9.04. The Morgan fingerprint density at radius 3 is 2.42 bits per heavy atom. The molecule has 2 atom stereocenters. The fourth-order valence-electron chi connectivity index (χ4n) is 1.33. The molecule has 0 aliphatic heterocycles. The molecule has 1 aliphatic rings. The topological polar surface area (TPSA) is 20.2 Å². The van der Waals surface area contributed by atoms with E-state index in [0.29, 0.717) is 12.5 Å². The van der Waals surface area contributed by atoms with Crippen LogP contribution in [0.5, 0.6) is 0 Å². The van der Waals surface area contributed by atoms with E-state index in [2.05, 4.69) is 38.3 Å². The number of hydrogen-bond acceptors (Lipinski definition) is 1. The van der Waals surface area contributed by atoms with Gasteiger partial charge in [-0.3, -0.25) is 0 Å². The van der Waals surface area contributed by atoms with Crippen molar-refractivity contribution in [2.45, 2.75) is 33.0 Å². The highest BCUT2D eigenvalue weighted by Gasteiger charge is 2.47. The van der Waals surface area contributed by atoms with Crippen LogP contribution >= 0.6 is 0 Å². The van der Waals surface area contributed by atoms with Crippen molar-refractivity contribution in [3.05, 3.63) is 11.8 Å². The van der Waals surface area contributed by atoms with E-state index < -0.39 is 8.07 Å². The Morgan fingerprint density at radius 1 is 1.50 bits per heavy atom. The van der Waals surface area contributed by atoms with Crippen LogP contribution < -0.4 is 0 Å². The molecule has 0 amide bonds. The van der Waals surface area contributed by atoms with Crippen LogP contribution in [-0.4, -0.2) is 19.8 Å². The molecule has 0 aromatic rings. The first kappa shape index (κ1) is 10.0. The average molecular weight is 184 g/mol. The summed E-state index contributed by atoms with van der Waals surface area (Å²) in [5.74, 6) is 0.647. The molecule has 0 aromatic carbocycles. The summed E-state index contributed by atoms with van der Waals surface area (Å²) in [6.07, 6.45) is 3.49. The molecule has 1 nitrogen and oxygen atoms in total. The molecule has 0 radical (unpaired) electrons. The molecule has 0 aromatic heterocycles. The van der Waals surface area contributed by atoms with Crippen molar-refractivity contribution in [3.63, 3.8) is 0 Å². The first-order chi connectivity index (χ1) is 5.37. The smallest absolute Gasteiger partial charge is 0.0682 e. The molecule has 1 saturated carbocycles. The molecule has 1 fully saturated rings. The van der Waals surface area contributed by atoms with Crippen molar-refractivity contribution in [3.8, 4) is 0 Å². The van der Waals surface area contributed by atoms with Gasteiger partial charge in [0.25, 0.3) is 0 Å². The predicted molar refractivity (Wildman–Crippen MR) is 55.8 cm³/mol. The Balaban J connectivity index is 2.42. The highest BCUT2D eigenvalue weighted by atomic mass is 28.3. The number of aliphatic hydroxyl groups excluding tert-OH is 1. The lowest BCUT2D eigenvalue weighted by Gasteiger charge is -2.09. The molecule has 70 valence electrons. The summed E-state index contributed by atoms with van der Waals surface area (Å²) in [5.41, 5.74) is 2.61. The fraction of sp³-hybridized carbons (Fsp3) is 0.800. The van der Waals surface area contributed by atoms with Gasteiger partial charge >= 0.3 is 0 Å². The first-order valence-corrected chi connectivity index (χ1v) is 8.25. The minimum atomic E-state index is -1.02. The van der Waals surface area contributed by atoms with Gasteiger partial charge in [-0.15, -0.1) is 0 Å². The van der Waals surface area contributed by atoms with Crippen molar-refractivity contribution in [2.24, 2.45) is 11.3 Å². The number of rotatable bonds is 3. The molecule has 2 heteroatoms. The van der Waals surface area contributed by atoms with Gasteiger partial charge in [0.2, 0.25) is 0 Å². The highest BCUT2D eigenvalue weighted by molar-refractivity contribution is 6.80. The summed E-state index contributed by atoms with van der Waals surface area (Å²) in [4.78, 5) is 0. The van der Waals surface area contributed by atoms with Crippen molar-refractivity contribution < 1.29 is 5.11 Å². The average Bonchev–Trinajstić information content (AvgIpc) is 2.58. The highest BCUT2D eigenvalue weighted by Crippen LogP contribution is 2.52. The van der Waals surface area contributed by atoms with Gasteiger partial charge in [0.1, 0.15) is 0 Å². The van der Waals surface area contributed by atoms with Crippen LogP contribution in [0.1, 0.15) is 13.3 Å². The molecular weight excluding hydrogens is 164 g/mol. The van der Waals surface area contributed by atoms with Crippen molar-refractivity contribution >= 4 is 8.07 Å². The summed E-state index contributed by atoms with van der Waals surface area (Å²) >= 11 is 0. The Labute approximate surface area is 76.5 Å². The Morgan fingerprint density at radius 2 is 2.08 bits per heavy atom. The summed E-state index contributed by atoms with van der Waals surface area (Å²) in [6.45, 7) is 9.51. The van der Waals surface area contributed by atoms with E-state index in [4.69, 9.17) is 5.11 Å². The molecule has 0 unspecified atom stereocenters. The molecule has 0 spiro atoms. The fourth-order valence-corrected chi connectivity index (χ4v) is 2.14. The quantitative estimate of drug-likeness (QED) is 0.668. The zero-order valence-corrected chi connectivity index (χ0v) is 9.59. The van der Waals surface area contributed by atoms with Crippen molar-refractivity contribution in [1.29, 1.82) is 0 Å². The SMILES string of the molecule is C[C@@]1(CO)C[C@H]1/C=C/[Si](C)(C)C. The van der Waals surface area contributed by atoms with E-state index in [1.54, 1.807) is 0 Å². The monoisotopic (exact) mass is 184 g/mol. The van der Waals surface area contributed by atoms with Crippen LogP contribution in [0.3, 0.4) is 0 Å². The molecule has 1 N–H and O–H groups in total. The molecule has 0 bridgehead atoms. The van der Waals surface area contributed by atoms with Crippen molar-refractivity contribution in [2.75, 3.05) is 6.61 Å². The second-order valence-corrected chi connectivity index (χ2v) is 10.4. The van der Waals surface area contributed by atoms with E-state index in [9.17, 15) is 0 Å². The molecule has 12 heavy (non-hydrogen) atoms. The van der Waals surface area contributed by atoms with Gasteiger partial charge < -0.3 is 5.11 Å². The maximum Gasteiger partial charge on any atom is 0.0682 e. The van der Waals surface area contributed by atoms with E-state index in [1.807, 2.05) is 0 Å². The predicted octanol–water partition coefficient (Wildman–Crippen LogP) is 2.44. The third-order valence-corrected chi connectivity index (χ3v) is 3.80. The van der Waals surface area contributed by atoms with E-state index in [0.717, 1.165) is 0 Å². The van der Waals surface area contributed by atoms with Crippen molar-refractivity contribution in [1.82, 2.24) is 0 Å². The maximum atomic E-state index is 9.04. The zero-order chi connectivity index (χ0) is 9.41. The van der Waals surface area contributed by atoms with Gasteiger partial charge in [0.15, 0.2) is 0 Å². The standard InChI is InChI=1S/C10H20OSi/c1-10(8-11)7-9(10)5-6-12(2,3)4/h5-6,9,11H,7-8H2,1-4H3/b6-5+/t9-,10+/m1/s1. The van der Waals surface area contributed by atoms with Gasteiger partial charge in [-0.2, -0.15) is 0 Å². The number of allylic oxidation sites excluding steroid dienone is 1. The second kappa shape index (κ2) is 3.00. The number of hydrogen-bond donors (Lipinski definition) is 1. The summed E-state index contributed by atoms with van der Waals surface area (Å²) in [7, 11) is -1.02. The van der Waals surface area contributed by atoms with Crippen LogP contribution in [0.25, 0.3) is 0 Å². The van der Waals surface area contributed by atoms with Crippen LogP contribution in [0, 0.1) is 11.3 Å². The maximum absolute atomic E-state index is 9.04. The third-order valence-electron chi connectivity index (χ3n) is 2.61. The van der Waals surface area contributed by atoms with Crippen LogP contribution in [0.15, 0.2) is 11.8 Å². The third kappa shape index (κ3) is 2.46. The number of aliphatic hydroxyl groups is 1. The second-order valence-electron chi connectivity index (χ2n) is 5.35. The molecule has 1 rings (SSSR count). The normalized spacial score (nSPS) is 35.9. The van der Waals surface area contributed by atoms with Gasteiger partial charge in [-0.25, -0.2) is 0 Å². The molecule has 0 saturated heterocycles. The largest absolute Gasteiger partial charge is 0.396 e. The van der Waals surface area contributed by atoms with Gasteiger partial charge in [0.05, 0.1) is 8.07 Å². The Bertz CT molecular complexity index is 193. The Kier molecular flexibility index (Phi) is 2.50. The minimum Gasteiger partial charge on any atom is -0.396 e. The molecular formula is C10H20OSi. The van der Waals surface area contributed by atoms with Crippen LogP contribution in [-0.2, 0) is 0 Å². The van der Waals surface area contributed by atoms with Crippen LogP contribution in [0.4, 0.5) is 0 Å². The van der Waals surface area contributed by atoms with E-state index in [-0.39, 0.29) is 5.41 Å². The van der Waals surface area contributed by atoms with E-state index >= 15 is 0 Å². The van der Waals surface area contributed by atoms with Gasteiger partial charge in [-0.05, 0) is 17.8 Å². The summed E-state index contributed by atoms with van der Waals surface area (Å²) in [6, 6.07) is 0. The minimum absolute atomic E-state index is 0.218. The van der Waals surface area contributed by atoms with Gasteiger partial charge in [0, 0.05) is 6.61 Å². The molecule has 0 heterocycles.